The second-order valence-corrected chi connectivity index (χ2v) is 7.51. The van der Waals surface area contributed by atoms with Gasteiger partial charge in [0, 0.05) is 18.7 Å². The molecule has 2 aromatic carbocycles. The van der Waals surface area contributed by atoms with Gasteiger partial charge in [-0.25, -0.2) is 17.2 Å². The van der Waals surface area contributed by atoms with Gasteiger partial charge >= 0.3 is 0 Å². The number of benzene rings is 2. The minimum Gasteiger partial charge on any atom is -0.312 e. The quantitative estimate of drug-likeness (QED) is 0.904. The van der Waals surface area contributed by atoms with Crippen LogP contribution in [0.2, 0.25) is 0 Å². The summed E-state index contributed by atoms with van der Waals surface area (Å²) in [5.74, 6) is -2.37. The van der Waals surface area contributed by atoms with Crippen molar-refractivity contribution in [2.75, 3.05) is 16.2 Å². The van der Waals surface area contributed by atoms with Crippen LogP contribution in [0.15, 0.2) is 41.3 Å². The molecule has 0 radical (unpaired) electrons. The van der Waals surface area contributed by atoms with E-state index in [4.69, 9.17) is 0 Å². The summed E-state index contributed by atoms with van der Waals surface area (Å²) in [6.45, 7) is 2.41. The molecule has 0 spiro atoms. The number of hydrogen-bond donors (Lipinski definition) is 1. The predicted octanol–water partition coefficient (Wildman–Crippen LogP) is 3.20. The van der Waals surface area contributed by atoms with Gasteiger partial charge in [0.15, 0.2) is 11.6 Å². The van der Waals surface area contributed by atoms with Crippen molar-refractivity contribution in [3.05, 3.63) is 53.6 Å². The molecule has 1 heterocycles. The third-order valence-electron chi connectivity index (χ3n) is 4.03. The van der Waals surface area contributed by atoms with Gasteiger partial charge in [0.1, 0.15) is 0 Å². The van der Waals surface area contributed by atoms with Gasteiger partial charge in [-0.3, -0.25) is 9.52 Å². The molecule has 0 saturated carbocycles. The Morgan fingerprint density at radius 3 is 2.48 bits per heavy atom. The molecule has 25 heavy (non-hydrogen) atoms. The van der Waals surface area contributed by atoms with E-state index in [0.717, 1.165) is 24.1 Å². The highest BCUT2D eigenvalue weighted by Crippen LogP contribution is 2.29. The number of nitrogens with zero attached hydrogens (tertiary/aromatic N) is 1. The van der Waals surface area contributed by atoms with Crippen molar-refractivity contribution in [1.82, 2.24) is 0 Å². The summed E-state index contributed by atoms with van der Waals surface area (Å²) in [6, 6.07) is 7.18. The van der Waals surface area contributed by atoms with E-state index in [0.29, 0.717) is 24.7 Å². The van der Waals surface area contributed by atoms with Crippen molar-refractivity contribution in [2.24, 2.45) is 0 Å². The molecule has 1 aliphatic heterocycles. The Morgan fingerprint density at radius 2 is 1.84 bits per heavy atom. The Hall–Kier alpha value is -2.48. The molecule has 2 aromatic rings. The average Bonchev–Trinajstić information content (AvgIpc) is 2.97. The number of nitrogens with one attached hydrogen (secondary N) is 1. The van der Waals surface area contributed by atoms with E-state index in [1.807, 2.05) is 6.92 Å². The Labute approximate surface area is 144 Å². The number of anilines is 2. The number of rotatable bonds is 4. The van der Waals surface area contributed by atoms with Gasteiger partial charge in [-0.1, -0.05) is 6.07 Å². The van der Waals surface area contributed by atoms with Crippen LogP contribution in [0.25, 0.3) is 0 Å². The number of amides is 1. The molecule has 1 fully saturated rings. The molecule has 0 aliphatic carbocycles. The van der Waals surface area contributed by atoms with Gasteiger partial charge in [-0.15, -0.1) is 0 Å². The van der Waals surface area contributed by atoms with E-state index in [-0.39, 0.29) is 16.5 Å². The molecule has 1 saturated heterocycles. The molecule has 1 N–H and O–H groups in total. The van der Waals surface area contributed by atoms with Crippen LogP contribution in [0.5, 0.6) is 0 Å². The lowest BCUT2D eigenvalue weighted by Gasteiger charge is -2.19. The number of hydrogen-bond acceptors (Lipinski definition) is 3. The lowest BCUT2D eigenvalue weighted by Crippen LogP contribution is -2.24. The fraction of sp³-hybridized carbons (Fsp3) is 0.235. The smallest absolute Gasteiger partial charge is 0.262 e. The van der Waals surface area contributed by atoms with Crippen LogP contribution in [0.3, 0.4) is 0 Å². The largest absolute Gasteiger partial charge is 0.312 e. The minimum atomic E-state index is -4.08. The molecule has 8 heteroatoms. The van der Waals surface area contributed by atoms with E-state index < -0.39 is 21.7 Å². The van der Waals surface area contributed by atoms with E-state index >= 15 is 0 Å². The minimum absolute atomic E-state index is 0.0105. The number of carbonyl (C=O) groups is 1. The molecular formula is C17H16F2N2O3S. The van der Waals surface area contributed by atoms with E-state index in [1.165, 1.54) is 0 Å². The van der Waals surface area contributed by atoms with Gasteiger partial charge in [-0.05, 0) is 49.2 Å². The monoisotopic (exact) mass is 366 g/mol. The summed E-state index contributed by atoms with van der Waals surface area (Å²) in [5.41, 5.74) is 1.71. The fourth-order valence-corrected chi connectivity index (χ4v) is 3.79. The summed E-state index contributed by atoms with van der Waals surface area (Å²) in [5, 5.41) is 0. The van der Waals surface area contributed by atoms with Crippen LogP contribution >= 0.6 is 0 Å². The maximum absolute atomic E-state index is 13.3. The number of sulfonamides is 1. The Morgan fingerprint density at radius 1 is 1.08 bits per heavy atom. The highest BCUT2D eigenvalue weighted by Gasteiger charge is 2.24. The molecular weight excluding hydrogens is 350 g/mol. The SMILES string of the molecule is Cc1ccc(NS(=O)(=O)c2ccc(F)c(F)c2)cc1N1CCCC1=O. The second kappa shape index (κ2) is 6.44. The van der Waals surface area contributed by atoms with Crippen molar-refractivity contribution in [3.63, 3.8) is 0 Å². The first kappa shape index (κ1) is 17.3. The van der Waals surface area contributed by atoms with E-state index in [9.17, 15) is 22.0 Å². The van der Waals surface area contributed by atoms with Crippen molar-refractivity contribution in [1.29, 1.82) is 0 Å². The zero-order chi connectivity index (χ0) is 18.2. The van der Waals surface area contributed by atoms with Crippen LogP contribution in [0.1, 0.15) is 18.4 Å². The first-order valence-electron chi connectivity index (χ1n) is 7.67. The molecule has 1 amide bonds. The zero-order valence-corrected chi connectivity index (χ0v) is 14.2. The third-order valence-corrected chi connectivity index (χ3v) is 5.41. The highest BCUT2D eigenvalue weighted by atomic mass is 32.2. The van der Waals surface area contributed by atoms with Gasteiger partial charge in [-0.2, -0.15) is 0 Å². The Balaban J connectivity index is 1.92. The predicted molar refractivity (Wildman–Crippen MR) is 89.9 cm³/mol. The number of carbonyl (C=O) groups excluding carboxylic acids is 1. The van der Waals surface area contributed by atoms with Crippen molar-refractivity contribution >= 4 is 27.3 Å². The zero-order valence-electron chi connectivity index (χ0n) is 13.4. The molecule has 0 bridgehead atoms. The molecule has 5 nitrogen and oxygen atoms in total. The van der Waals surface area contributed by atoms with Crippen LogP contribution in [0, 0.1) is 18.6 Å². The van der Waals surface area contributed by atoms with Gasteiger partial charge in [0.2, 0.25) is 5.91 Å². The molecule has 0 aromatic heterocycles. The standard InChI is InChI=1S/C17H16F2N2O3S/c1-11-4-5-12(9-16(11)21-8-2-3-17(21)22)20-25(23,24)13-6-7-14(18)15(19)10-13/h4-7,9-10,20H,2-3,8H2,1H3. The summed E-state index contributed by atoms with van der Waals surface area (Å²) in [7, 11) is -4.08. The summed E-state index contributed by atoms with van der Waals surface area (Å²) in [4.78, 5) is 13.2. The molecule has 0 atom stereocenters. The normalized spacial score (nSPS) is 14.8. The van der Waals surface area contributed by atoms with E-state index in [2.05, 4.69) is 4.72 Å². The van der Waals surface area contributed by atoms with Crippen LogP contribution in [-0.4, -0.2) is 20.9 Å². The molecule has 1 aliphatic rings. The van der Waals surface area contributed by atoms with Gasteiger partial charge in [0.05, 0.1) is 10.6 Å². The fourth-order valence-electron chi connectivity index (χ4n) is 2.72. The lowest BCUT2D eigenvalue weighted by molar-refractivity contribution is -0.117. The Kier molecular flexibility index (Phi) is 4.47. The van der Waals surface area contributed by atoms with Gasteiger partial charge in [0.25, 0.3) is 10.0 Å². The van der Waals surface area contributed by atoms with Crippen molar-refractivity contribution in [3.8, 4) is 0 Å². The first-order chi connectivity index (χ1) is 11.8. The molecule has 132 valence electrons. The lowest BCUT2D eigenvalue weighted by atomic mass is 10.1. The summed E-state index contributed by atoms with van der Waals surface area (Å²) < 4.78 is 53.4. The maximum Gasteiger partial charge on any atom is 0.262 e. The number of halogens is 2. The molecule has 3 rings (SSSR count). The highest BCUT2D eigenvalue weighted by molar-refractivity contribution is 7.92. The summed E-state index contributed by atoms with van der Waals surface area (Å²) >= 11 is 0. The van der Waals surface area contributed by atoms with Crippen LogP contribution < -0.4 is 9.62 Å². The van der Waals surface area contributed by atoms with Crippen molar-refractivity contribution < 1.29 is 22.0 Å². The van der Waals surface area contributed by atoms with E-state index in [1.54, 1.807) is 23.1 Å². The maximum atomic E-state index is 13.3. The molecule has 0 unspecified atom stereocenters. The second-order valence-electron chi connectivity index (χ2n) is 5.83. The van der Waals surface area contributed by atoms with Crippen molar-refractivity contribution in [2.45, 2.75) is 24.7 Å². The van der Waals surface area contributed by atoms with Crippen LogP contribution in [0.4, 0.5) is 20.2 Å². The Bertz CT molecular complexity index is 945. The van der Waals surface area contributed by atoms with Crippen LogP contribution in [-0.2, 0) is 14.8 Å². The summed E-state index contributed by atoms with van der Waals surface area (Å²) in [6.07, 6.45) is 1.22. The number of aryl methyl sites for hydroxylation is 1. The first-order valence-corrected chi connectivity index (χ1v) is 9.15. The third kappa shape index (κ3) is 3.48. The topological polar surface area (TPSA) is 66.5 Å². The average molecular weight is 366 g/mol. The van der Waals surface area contributed by atoms with Gasteiger partial charge < -0.3 is 4.90 Å².